The van der Waals surface area contributed by atoms with Crippen LogP contribution in [0, 0.1) is 0 Å². The number of nitrogens with one attached hydrogen (secondary N) is 2. The van der Waals surface area contributed by atoms with E-state index in [1.54, 1.807) is 24.5 Å². The van der Waals surface area contributed by atoms with Gasteiger partial charge in [-0.15, -0.1) is 0 Å². The van der Waals surface area contributed by atoms with E-state index < -0.39 is 0 Å². The summed E-state index contributed by atoms with van der Waals surface area (Å²) in [4.78, 5) is 26.9. The quantitative estimate of drug-likeness (QED) is 0.894. The molecule has 3 rings (SSSR count). The van der Waals surface area contributed by atoms with E-state index in [9.17, 15) is 9.59 Å². The molecule has 2 aromatic rings. The highest BCUT2D eigenvalue weighted by molar-refractivity contribution is 5.93. The molecular weight excluding hydrogens is 256 g/mol. The van der Waals surface area contributed by atoms with E-state index in [0.29, 0.717) is 5.76 Å². The second-order valence-corrected chi connectivity index (χ2v) is 4.99. The second-order valence-electron chi connectivity index (χ2n) is 4.99. The van der Waals surface area contributed by atoms with Crippen molar-refractivity contribution in [2.75, 3.05) is 0 Å². The Labute approximate surface area is 116 Å². The number of amides is 1. The summed E-state index contributed by atoms with van der Waals surface area (Å²) in [6, 6.07) is 5.26. The first-order chi connectivity index (χ1) is 9.74. The number of rotatable bonds is 3. The van der Waals surface area contributed by atoms with E-state index in [2.05, 4.69) is 10.3 Å². The van der Waals surface area contributed by atoms with Crippen LogP contribution in [0.25, 0.3) is 0 Å². The van der Waals surface area contributed by atoms with Crippen LogP contribution in [-0.4, -0.2) is 10.9 Å². The Morgan fingerprint density at radius 2 is 2.20 bits per heavy atom. The fourth-order valence-corrected chi connectivity index (χ4v) is 2.52. The molecule has 0 unspecified atom stereocenters. The molecule has 1 amide bonds. The van der Waals surface area contributed by atoms with Crippen molar-refractivity contribution in [1.29, 1.82) is 0 Å². The number of fused-ring (bicyclic) bond motifs is 1. The van der Waals surface area contributed by atoms with Crippen molar-refractivity contribution in [3.8, 4) is 0 Å². The lowest BCUT2D eigenvalue weighted by molar-refractivity contribution is 0.0946. The molecular formula is C15H16N2O3. The molecule has 1 aliphatic rings. The number of furan rings is 1. The summed E-state index contributed by atoms with van der Waals surface area (Å²) in [6.07, 6.45) is 5.55. The van der Waals surface area contributed by atoms with E-state index in [0.717, 1.165) is 36.9 Å². The summed E-state index contributed by atoms with van der Waals surface area (Å²) < 4.78 is 5.14. The zero-order chi connectivity index (χ0) is 13.9. The molecule has 5 heteroatoms. The molecule has 0 aliphatic heterocycles. The molecule has 20 heavy (non-hydrogen) atoms. The van der Waals surface area contributed by atoms with Gasteiger partial charge in [-0.25, -0.2) is 0 Å². The van der Waals surface area contributed by atoms with Gasteiger partial charge in [0.15, 0.2) is 0 Å². The average Bonchev–Trinajstić information content (AvgIpc) is 2.97. The van der Waals surface area contributed by atoms with Crippen LogP contribution < -0.4 is 10.9 Å². The molecule has 0 fully saturated rings. The lowest BCUT2D eigenvalue weighted by Crippen LogP contribution is -2.30. The number of hydrogen-bond donors (Lipinski definition) is 2. The molecule has 0 bridgehead atoms. The maximum absolute atomic E-state index is 12.1. The summed E-state index contributed by atoms with van der Waals surface area (Å²) in [5.74, 6) is 0.295. The highest BCUT2D eigenvalue weighted by Crippen LogP contribution is 2.18. The minimum Gasteiger partial charge on any atom is -0.467 e. The van der Waals surface area contributed by atoms with E-state index in [-0.39, 0.29) is 23.6 Å². The number of carbonyl (C=O) groups is 1. The van der Waals surface area contributed by atoms with Gasteiger partial charge in [0, 0.05) is 5.69 Å². The maximum Gasteiger partial charge on any atom is 0.261 e. The smallest absolute Gasteiger partial charge is 0.261 e. The number of H-pyrrole nitrogens is 1. The number of aromatic amines is 1. The van der Waals surface area contributed by atoms with Gasteiger partial charge in [0.25, 0.3) is 11.5 Å². The monoisotopic (exact) mass is 272 g/mol. The number of aromatic nitrogens is 1. The molecule has 2 N–H and O–H groups in total. The van der Waals surface area contributed by atoms with E-state index in [1.807, 2.05) is 0 Å². The SMILES string of the molecule is O=C(NCc1ccco1)c1cc2c([nH]c1=O)CCCC2. The molecule has 0 saturated carbocycles. The third-order valence-electron chi connectivity index (χ3n) is 3.59. The first-order valence-electron chi connectivity index (χ1n) is 6.79. The number of hydrogen-bond acceptors (Lipinski definition) is 3. The Kier molecular flexibility index (Phi) is 3.41. The van der Waals surface area contributed by atoms with Crippen molar-refractivity contribution >= 4 is 5.91 Å². The highest BCUT2D eigenvalue weighted by atomic mass is 16.3. The van der Waals surface area contributed by atoms with Crippen molar-refractivity contribution in [2.24, 2.45) is 0 Å². The van der Waals surface area contributed by atoms with Crippen molar-refractivity contribution in [3.63, 3.8) is 0 Å². The number of pyridine rings is 1. The molecule has 5 nitrogen and oxygen atoms in total. The molecule has 1 aliphatic carbocycles. The number of carbonyl (C=O) groups excluding carboxylic acids is 1. The molecule has 2 aromatic heterocycles. The molecule has 0 atom stereocenters. The Hall–Kier alpha value is -2.30. The van der Waals surface area contributed by atoms with Crippen molar-refractivity contribution in [2.45, 2.75) is 32.2 Å². The Morgan fingerprint density at radius 3 is 3.00 bits per heavy atom. The second kappa shape index (κ2) is 5.36. The van der Waals surface area contributed by atoms with E-state index >= 15 is 0 Å². The lowest BCUT2D eigenvalue weighted by Gasteiger charge is -2.15. The van der Waals surface area contributed by atoms with Crippen molar-refractivity contribution < 1.29 is 9.21 Å². The fraction of sp³-hybridized carbons (Fsp3) is 0.333. The molecule has 0 aromatic carbocycles. The van der Waals surface area contributed by atoms with Crippen LogP contribution >= 0.6 is 0 Å². The van der Waals surface area contributed by atoms with Crippen LogP contribution in [0.4, 0.5) is 0 Å². The largest absolute Gasteiger partial charge is 0.467 e. The minimum absolute atomic E-state index is 0.178. The molecule has 104 valence electrons. The Bertz CT molecular complexity index is 671. The molecule has 0 saturated heterocycles. The third kappa shape index (κ3) is 2.52. The van der Waals surface area contributed by atoms with Crippen molar-refractivity contribution in [1.82, 2.24) is 10.3 Å². The molecule has 2 heterocycles. The molecule has 0 spiro atoms. The van der Waals surface area contributed by atoms with Gasteiger partial charge in [-0.3, -0.25) is 9.59 Å². The fourth-order valence-electron chi connectivity index (χ4n) is 2.52. The van der Waals surface area contributed by atoms with Gasteiger partial charge in [-0.05, 0) is 49.4 Å². The van der Waals surface area contributed by atoms with Crippen LogP contribution in [0.3, 0.4) is 0 Å². The highest BCUT2D eigenvalue weighted by Gasteiger charge is 2.17. The Morgan fingerprint density at radius 1 is 1.35 bits per heavy atom. The Balaban J connectivity index is 1.79. The third-order valence-corrected chi connectivity index (χ3v) is 3.59. The van der Waals surface area contributed by atoms with Gasteiger partial charge in [0.1, 0.15) is 11.3 Å². The van der Waals surface area contributed by atoms with Gasteiger partial charge in [0.2, 0.25) is 0 Å². The first-order valence-corrected chi connectivity index (χ1v) is 6.79. The summed E-state index contributed by atoms with van der Waals surface area (Å²) >= 11 is 0. The first kappa shape index (κ1) is 12.7. The van der Waals surface area contributed by atoms with Crippen LogP contribution in [-0.2, 0) is 19.4 Å². The van der Waals surface area contributed by atoms with Gasteiger partial charge in [-0.2, -0.15) is 0 Å². The molecule has 0 radical (unpaired) electrons. The van der Waals surface area contributed by atoms with Crippen LogP contribution in [0.5, 0.6) is 0 Å². The van der Waals surface area contributed by atoms with Gasteiger partial charge in [0.05, 0.1) is 12.8 Å². The average molecular weight is 272 g/mol. The van der Waals surface area contributed by atoms with Gasteiger partial charge >= 0.3 is 0 Å². The van der Waals surface area contributed by atoms with Crippen LogP contribution in [0.15, 0.2) is 33.7 Å². The zero-order valence-corrected chi connectivity index (χ0v) is 11.1. The van der Waals surface area contributed by atoms with Crippen molar-refractivity contribution in [3.05, 3.63) is 57.4 Å². The zero-order valence-electron chi connectivity index (χ0n) is 11.1. The summed E-state index contributed by atoms with van der Waals surface area (Å²) in [6.45, 7) is 0.280. The van der Waals surface area contributed by atoms with Gasteiger partial charge < -0.3 is 14.7 Å². The minimum atomic E-state index is -0.365. The normalized spacial score (nSPS) is 13.8. The van der Waals surface area contributed by atoms with Crippen LogP contribution in [0.1, 0.15) is 40.2 Å². The van der Waals surface area contributed by atoms with E-state index in [4.69, 9.17) is 4.42 Å². The van der Waals surface area contributed by atoms with Gasteiger partial charge in [-0.1, -0.05) is 0 Å². The predicted molar refractivity (Wildman–Crippen MR) is 73.6 cm³/mol. The summed E-state index contributed by atoms with van der Waals surface area (Å²) in [5, 5.41) is 2.70. The van der Waals surface area contributed by atoms with E-state index in [1.165, 1.54) is 0 Å². The topological polar surface area (TPSA) is 75.1 Å². The predicted octanol–water partition coefficient (Wildman–Crippen LogP) is 1.78. The number of aryl methyl sites for hydroxylation is 2. The maximum atomic E-state index is 12.1. The van der Waals surface area contributed by atoms with Crippen LogP contribution in [0.2, 0.25) is 0 Å². The summed E-state index contributed by atoms with van der Waals surface area (Å²) in [5.41, 5.74) is 1.92. The summed E-state index contributed by atoms with van der Waals surface area (Å²) in [7, 11) is 0. The standard InChI is InChI=1S/C15H16N2O3/c18-14(16-9-11-5-3-7-20-11)12-8-10-4-1-2-6-13(10)17-15(12)19/h3,5,7-8H,1-2,4,6,9H2,(H,16,18)(H,17,19). The lowest BCUT2D eigenvalue weighted by atomic mass is 9.95.